The molecule has 0 radical (unpaired) electrons. The summed E-state index contributed by atoms with van der Waals surface area (Å²) < 4.78 is 0. The number of thiophene rings is 1. The van der Waals surface area contributed by atoms with E-state index in [1.807, 2.05) is 25.1 Å². The first-order chi connectivity index (χ1) is 14.0. The molecule has 29 heavy (non-hydrogen) atoms. The summed E-state index contributed by atoms with van der Waals surface area (Å²) in [5.41, 5.74) is 16.2. The van der Waals surface area contributed by atoms with Crippen LogP contribution in [0.15, 0.2) is 42.0 Å². The Morgan fingerprint density at radius 1 is 1.34 bits per heavy atom. The zero-order valence-electron chi connectivity index (χ0n) is 16.3. The molecule has 0 bridgehead atoms. The molecule has 1 unspecified atom stereocenters. The van der Waals surface area contributed by atoms with Crippen molar-refractivity contribution in [2.45, 2.75) is 25.8 Å². The number of aryl methyl sites for hydroxylation is 1. The maximum absolute atomic E-state index is 13.0. The number of aromatic nitrogens is 2. The molecule has 0 aliphatic carbocycles. The van der Waals surface area contributed by atoms with Gasteiger partial charge in [-0.2, -0.15) is 0 Å². The number of nitrogens with one attached hydrogen (secondary N) is 1. The van der Waals surface area contributed by atoms with Crippen LogP contribution in [0.1, 0.15) is 28.9 Å². The van der Waals surface area contributed by atoms with Gasteiger partial charge in [0.1, 0.15) is 0 Å². The summed E-state index contributed by atoms with van der Waals surface area (Å²) in [7, 11) is 0. The second-order valence-electron chi connectivity index (χ2n) is 7.32. The van der Waals surface area contributed by atoms with Gasteiger partial charge in [-0.25, -0.2) is 4.98 Å². The number of carbonyl (C=O) groups excluding carboxylic acids is 1. The van der Waals surface area contributed by atoms with E-state index in [1.165, 1.54) is 0 Å². The van der Waals surface area contributed by atoms with Crippen molar-refractivity contribution in [2.24, 2.45) is 5.73 Å². The number of amides is 1. The summed E-state index contributed by atoms with van der Waals surface area (Å²) in [6.07, 6.45) is 5.40. The molecule has 1 fully saturated rings. The van der Waals surface area contributed by atoms with Gasteiger partial charge in [0.15, 0.2) is 5.69 Å². The third-order valence-corrected chi connectivity index (χ3v) is 6.04. The normalized spacial score (nSPS) is 16.6. The van der Waals surface area contributed by atoms with Gasteiger partial charge in [0, 0.05) is 25.3 Å². The van der Waals surface area contributed by atoms with Crippen molar-refractivity contribution < 1.29 is 4.79 Å². The van der Waals surface area contributed by atoms with Crippen LogP contribution in [-0.4, -0.2) is 35.0 Å². The number of pyridine rings is 2. The van der Waals surface area contributed by atoms with E-state index in [-0.39, 0.29) is 17.6 Å². The molecule has 0 saturated carbocycles. The monoisotopic (exact) mass is 408 g/mol. The molecular weight excluding hydrogens is 384 g/mol. The lowest BCUT2D eigenvalue weighted by molar-refractivity contribution is 0.102. The lowest BCUT2D eigenvalue weighted by Crippen LogP contribution is -2.43. The van der Waals surface area contributed by atoms with Gasteiger partial charge in [0.25, 0.3) is 5.91 Å². The van der Waals surface area contributed by atoms with E-state index in [0.717, 1.165) is 47.8 Å². The van der Waals surface area contributed by atoms with Crippen LogP contribution in [0.25, 0.3) is 10.6 Å². The maximum atomic E-state index is 13.0. The quantitative estimate of drug-likeness (QED) is 0.611. The Morgan fingerprint density at radius 3 is 2.97 bits per heavy atom. The molecule has 0 aromatic carbocycles. The SMILES string of the molecule is Cc1csc(-c2ccc(N)c(C(=O)Nc3cnccc3N3CCCC(N)C3)n2)c1. The predicted octanol–water partition coefficient (Wildman–Crippen LogP) is 3.28. The van der Waals surface area contributed by atoms with E-state index in [2.05, 4.69) is 25.6 Å². The molecule has 1 aliphatic rings. The van der Waals surface area contributed by atoms with Crippen molar-refractivity contribution in [1.82, 2.24) is 9.97 Å². The highest BCUT2D eigenvalue weighted by atomic mass is 32.1. The van der Waals surface area contributed by atoms with E-state index in [0.29, 0.717) is 11.4 Å². The molecule has 3 aromatic heterocycles. The van der Waals surface area contributed by atoms with E-state index in [4.69, 9.17) is 11.5 Å². The van der Waals surface area contributed by atoms with Crippen LogP contribution < -0.4 is 21.7 Å². The molecule has 1 atom stereocenters. The van der Waals surface area contributed by atoms with Crippen LogP contribution in [0.4, 0.5) is 17.1 Å². The highest BCUT2D eigenvalue weighted by Gasteiger charge is 2.21. The predicted molar refractivity (Wildman–Crippen MR) is 118 cm³/mol. The fourth-order valence-corrected chi connectivity index (χ4v) is 4.39. The number of hydrogen-bond acceptors (Lipinski definition) is 7. The Kier molecular flexibility index (Phi) is 5.46. The third-order valence-electron chi connectivity index (χ3n) is 4.97. The zero-order valence-corrected chi connectivity index (χ0v) is 17.1. The van der Waals surface area contributed by atoms with Gasteiger partial charge in [0.2, 0.25) is 0 Å². The Hall–Kier alpha value is -2.97. The molecule has 8 heteroatoms. The fraction of sp³-hybridized carbons (Fsp3) is 0.286. The molecule has 4 rings (SSSR count). The molecular formula is C21H24N6OS. The lowest BCUT2D eigenvalue weighted by Gasteiger charge is -2.33. The Balaban J connectivity index is 1.60. The van der Waals surface area contributed by atoms with Crippen molar-refractivity contribution in [3.8, 4) is 10.6 Å². The van der Waals surface area contributed by atoms with Gasteiger partial charge in [0.05, 0.1) is 33.8 Å². The van der Waals surface area contributed by atoms with Crippen LogP contribution in [-0.2, 0) is 0 Å². The molecule has 3 aromatic rings. The van der Waals surface area contributed by atoms with Crippen molar-refractivity contribution in [3.05, 3.63) is 53.3 Å². The summed E-state index contributed by atoms with van der Waals surface area (Å²) in [4.78, 5) is 24.9. The highest BCUT2D eigenvalue weighted by Crippen LogP contribution is 2.29. The number of nitrogen functional groups attached to an aromatic ring is 1. The minimum atomic E-state index is -0.354. The average Bonchev–Trinajstić information content (AvgIpc) is 3.15. The largest absolute Gasteiger partial charge is 0.397 e. The Labute approximate surface area is 173 Å². The van der Waals surface area contributed by atoms with E-state index in [9.17, 15) is 4.79 Å². The van der Waals surface area contributed by atoms with Crippen LogP contribution in [0, 0.1) is 6.92 Å². The molecule has 7 nitrogen and oxygen atoms in total. The summed E-state index contributed by atoms with van der Waals surface area (Å²) >= 11 is 1.59. The van der Waals surface area contributed by atoms with Crippen LogP contribution in [0.5, 0.6) is 0 Å². The first-order valence-electron chi connectivity index (χ1n) is 9.59. The molecule has 4 heterocycles. The number of anilines is 3. The number of nitrogens with zero attached hydrogens (tertiary/aromatic N) is 3. The lowest BCUT2D eigenvalue weighted by atomic mass is 10.1. The van der Waals surface area contributed by atoms with Gasteiger partial charge in [-0.05, 0) is 55.0 Å². The minimum Gasteiger partial charge on any atom is -0.397 e. The molecule has 5 N–H and O–H groups in total. The van der Waals surface area contributed by atoms with E-state index < -0.39 is 0 Å². The Morgan fingerprint density at radius 2 is 2.21 bits per heavy atom. The van der Waals surface area contributed by atoms with Crippen molar-refractivity contribution in [3.63, 3.8) is 0 Å². The molecule has 1 amide bonds. The molecule has 1 aliphatic heterocycles. The van der Waals surface area contributed by atoms with Crippen LogP contribution >= 0.6 is 11.3 Å². The molecule has 150 valence electrons. The molecule has 0 spiro atoms. The van der Waals surface area contributed by atoms with Gasteiger partial charge < -0.3 is 21.7 Å². The number of piperidine rings is 1. The number of nitrogens with two attached hydrogens (primary N) is 2. The van der Waals surface area contributed by atoms with Gasteiger partial charge in [-0.15, -0.1) is 11.3 Å². The maximum Gasteiger partial charge on any atom is 0.276 e. The van der Waals surface area contributed by atoms with Crippen molar-refractivity contribution in [2.75, 3.05) is 29.0 Å². The van der Waals surface area contributed by atoms with E-state index >= 15 is 0 Å². The first-order valence-corrected chi connectivity index (χ1v) is 10.5. The fourth-order valence-electron chi connectivity index (χ4n) is 3.52. The first kappa shape index (κ1) is 19.4. The van der Waals surface area contributed by atoms with E-state index in [1.54, 1.807) is 29.8 Å². The summed E-state index contributed by atoms with van der Waals surface area (Å²) in [6.45, 7) is 3.68. The topological polar surface area (TPSA) is 110 Å². The standard InChI is InChI=1S/C21H24N6OS/c1-13-9-19(29-12-13)16-5-4-15(23)20(25-16)21(28)26-17-10-24-7-6-18(17)27-8-2-3-14(22)11-27/h4-7,9-10,12,14H,2-3,8,11,22-23H2,1H3,(H,26,28). The molecule has 1 saturated heterocycles. The second kappa shape index (κ2) is 8.18. The van der Waals surface area contributed by atoms with Gasteiger partial charge >= 0.3 is 0 Å². The number of carbonyl (C=O) groups is 1. The van der Waals surface area contributed by atoms with Crippen LogP contribution in [0.3, 0.4) is 0 Å². The second-order valence-corrected chi connectivity index (χ2v) is 8.23. The van der Waals surface area contributed by atoms with Gasteiger partial charge in [-0.3, -0.25) is 9.78 Å². The number of hydrogen-bond donors (Lipinski definition) is 3. The minimum absolute atomic E-state index is 0.128. The number of rotatable bonds is 4. The summed E-state index contributed by atoms with van der Waals surface area (Å²) in [5, 5.41) is 4.99. The van der Waals surface area contributed by atoms with Crippen LogP contribution in [0.2, 0.25) is 0 Å². The van der Waals surface area contributed by atoms with Gasteiger partial charge in [-0.1, -0.05) is 0 Å². The van der Waals surface area contributed by atoms with Crippen molar-refractivity contribution >= 4 is 34.3 Å². The zero-order chi connectivity index (χ0) is 20.4. The smallest absolute Gasteiger partial charge is 0.276 e. The summed E-state index contributed by atoms with van der Waals surface area (Å²) in [6, 6.07) is 7.63. The summed E-state index contributed by atoms with van der Waals surface area (Å²) in [5.74, 6) is -0.354. The highest BCUT2D eigenvalue weighted by molar-refractivity contribution is 7.13. The van der Waals surface area contributed by atoms with Crippen molar-refractivity contribution in [1.29, 1.82) is 0 Å². The Bertz CT molecular complexity index is 1030. The average molecular weight is 409 g/mol. The third kappa shape index (κ3) is 4.23.